The Bertz CT molecular complexity index is 735. The molecular weight excluding hydrogens is 334 g/mol. The minimum absolute atomic E-state index is 0.0445. The molecule has 0 spiro atoms. The predicted octanol–water partition coefficient (Wildman–Crippen LogP) is 1.47. The van der Waals surface area contributed by atoms with E-state index in [1.807, 2.05) is 0 Å². The number of ether oxygens (including phenoxy) is 1. The van der Waals surface area contributed by atoms with E-state index in [1.54, 1.807) is 0 Å². The van der Waals surface area contributed by atoms with Gasteiger partial charge in [0.2, 0.25) is 0 Å². The summed E-state index contributed by atoms with van der Waals surface area (Å²) in [6, 6.07) is 4.02. The molecule has 1 aromatic rings. The highest BCUT2D eigenvalue weighted by Crippen LogP contribution is 2.26. The van der Waals surface area contributed by atoms with Gasteiger partial charge in [0.05, 0.1) is 23.5 Å². The molecule has 0 heterocycles. The van der Waals surface area contributed by atoms with Crippen LogP contribution in [-0.4, -0.2) is 44.8 Å². The number of carbonyl (C=O) groups excluding carboxylic acids is 1. The third kappa shape index (κ3) is 4.25. The van der Waals surface area contributed by atoms with Crippen LogP contribution in [0.15, 0.2) is 23.1 Å². The molecule has 132 valence electrons. The molecule has 0 unspecified atom stereocenters. The molecule has 0 aliphatic heterocycles. The van der Waals surface area contributed by atoms with Crippen molar-refractivity contribution in [3.8, 4) is 5.75 Å². The standard InChI is InChI=1S/C16H21NO6S/c1-23-14-8-7-12(24(2,21)22)9-13(14)15(18)17-11-5-3-10(4-6-11)16(19)20/h7-11H,3-6H2,1-2H3,(H,17,18)(H,19,20). The van der Waals surface area contributed by atoms with Crippen LogP contribution < -0.4 is 10.1 Å². The molecular formula is C16H21NO6S. The highest BCUT2D eigenvalue weighted by Gasteiger charge is 2.27. The number of methoxy groups -OCH3 is 1. The van der Waals surface area contributed by atoms with Crippen LogP contribution >= 0.6 is 0 Å². The molecule has 0 atom stereocenters. The van der Waals surface area contributed by atoms with Crippen molar-refractivity contribution in [3.05, 3.63) is 23.8 Å². The highest BCUT2D eigenvalue weighted by atomic mass is 32.2. The largest absolute Gasteiger partial charge is 0.496 e. The van der Waals surface area contributed by atoms with Crippen molar-refractivity contribution in [1.82, 2.24) is 5.32 Å². The molecule has 0 saturated heterocycles. The van der Waals surface area contributed by atoms with Gasteiger partial charge < -0.3 is 15.2 Å². The summed E-state index contributed by atoms with van der Waals surface area (Å²) in [6.07, 6.45) is 3.26. The van der Waals surface area contributed by atoms with Crippen molar-refractivity contribution < 1.29 is 27.9 Å². The van der Waals surface area contributed by atoms with Gasteiger partial charge in [-0.25, -0.2) is 8.42 Å². The summed E-state index contributed by atoms with van der Waals surface area (Å²) in [5.41, 5.74) is 0.154. The van der Waals surface area contributed by atoms with Gasteiger partial charge in [-0.1, -0.05) is 0 Å². The van der Waals surface area contributed by atoms with Gasteiger partial charge in [-0.15, -0.1) is 0 Å². The minimum atomic E-state index is -3.43. The van der Waals surface area contributed by atoms with Crippen molar-refractivity contribution >= 4 is 21.7 Å². The first-order valence-corrected chi connectivity index (χ1v) is 9.53. The zero-order valence-electron chi connectivity index (χ0n) is 13.6. The van der Waals surface area contributed by atoms with E-state index in [4.69, 9.17) is 9.84 Å². The number of carboxylic acid groups (broad SMARTS) is 1. The van der Waals surface area contributed by atoms with E-state index in [-0.39, 0.29) is 22.4 Å². The monoisotopic (exact) mass is 355 g/mol. The molecule has 1 aliphatic rings. The molecule has 7 nitrogen and oxygen atoms in total. The number of carbonyl (C=O) groups is 2. The number of hydrogen-bond donors (Lipinski definition) is 2. The van der Waals surface area contributed by atoms with E-state index in [9.17, 15) is 18.0 Å². The lowest BCUT2D eigenvalue weighted by atomic mass is 9.86. The Balaban J connectivity index is 2.13. The van der Waals surface area contributed by atoms with Crippen LogP contribution in [0.2, 0.25) is 0 Å². The Morgan fingerprint density at radius 2 is 1.83 bits per heavy atom. The second-order valence-electron chi connectivity index (χ2n) is 5.99. The number of aliphatic carboxylic acids is 1. The molecule has 0 aromatic heterocycles. The summed E-state index contributed by atoms with van der Waals surface area (Å²) in [5, 5.41) is 11.8. The first-order chi connectivity index (χ1) is 11.2. The highest BCUT2D eigenvalue weighted by molar-refractivity contribution is 7.90. The third-order valence-electron chi connectivity index (χ3n) is 4.26. The van der Waals surface area contributed by atoms with Gasteiger partial charge in [0.15, 0.2) is 9.84 Å². The van der Waals surface area contributed by atoms with E-state index in [1.165, 1.54) is 25.3 Å². The number of amides is 1. The normalized spacial score (nSPS) is 21.1. The van der Waals surface area contributed by atoms with Crippen LogP contribution in [0.1, 0.15) is 36.0 Å². The average molecular weight is 355 g/mol. The van der Waals surface area contributed by atoms with Gasteiger partial charge in [-0.3, -0.25) is 9.59 Å². The van der Waals surface area contributed by atoms with Crippen LogP contribution in [-0.2, 0) is 14.6 Å². The van der Waals surface area contributed by atoms with Crippen molar-refractivity contribution in [3.63, 3.8) is 0 Å². The Labute approximate surface area is 140 Å². The molecule has 1 aromatic carbocycles. The fourth-order valence-electron chi connectivity index (χ4n) is 2.84. The Kier molecular flexibility index (Phi) is 5.48. The van der Waals surface area contributed by atoms with Crippen LogP contribution in [0.3, 0.4) is 0 Å². The smallest absolute Gasteiger partial charge is 0.306 e. The fraction of sp³-hybridized carbons (Fsp3) is 0.500. The maximum atomic E-state index is 12.5. The molecule has 2 rings (SSSR count). The predicted molar refractivity (Wildman–Crippen MR) is 87.0 cm³/mol. The summed E-state index contributed by atoms with van der Waals surface area (Å²) >= 11 is 0. The van der Waals surface area contributed by atoms with E-state index >= 15 is 0 Å². The summed E-state index contributed by atoms with van der Waals surface area (Å²) in [6.45, 7) is 0. The lowest BCUT2D eigenvalue weighted by molar-refractivity contribution is -0.142. The summed E-state index contributed by atoms with van der Waals surface area (Å²) in [5.74, 6) is -1.29. The van der Waals surface area contributed by atoms with Gasteiger partial charge in [0.25, 0.3) is 5.91 Å². The molecule has 0 radical (unpaired) electrons. The number of rotatable bonds is 5. The Morgan fingerprint density at radius 1 is 1.21 bits per heavy atom. The molecule has 1 aliphatic carbocycles. The topological polar surface area (TPSA) is 110 Å². The van der Waals surface area contributed by atoms with Crippen molar-refractivity contribution in [1.29, 1.82) is 0 Å². The average Bonchev–Trinajstić information content (AvgIpc) is 2.53. The second kappa shape index (κ2) is 7.21. The van der Waals surface area contributed by atoms with Crippen molar-refractivity contribution in [2.24, 2.45) is 5.92 Å². The van der Waals surface area contributed by atoms with Gasteiger partial charge in [-0.05, 0) is 43.9 Å². The SMILES string of the molecule is COc1ccc(S(C)(=O)=O)cc1C(=O)NC1CCC(C(=O)O)CC1. The number of hydrogen-bond acceptors (Lipinski definition) is 5. The Hall–Kier alpha value is -2.09. The lowest BCUT2D eigenvalue weighted by Crippen LogP contribution is -2.38. The first kappa shape index (κ1) is 18.3. The zero-order valence-corrected chi connectivity index (χ0v) is 14.4. The van der Waals surface area contributed by atoms with Gasteiger partial charge >= 0.3 is 5.97 Å². The van der Waals surface area contributed by atoms with Crippen LogP contribution in [0.25, 0.3) is 0 Å². The number of sulfone groups is 1. The fourth-order valence-corrected chi connectivity index (χ4v) is 3.49. The van der Waals surface area contributed by atoms with Crippen LogP contribution in [0.4, 0.5) is 0 Å². The van der Waals surface area contributed by atoms with Crippen molar-refractivity contribution in [2.75, 3.05) is 13.4 Å². The third-order valence-corrected chi connectivity index (χ3v) is 5.37. The number of nitrogens with one attached hydrogen (secondary N) is 1. The van der Waals surface area contributed by atoms with E-state index < -0.39 is 21.7 Å². The summed E-state index contributed by atoms with van der Waals surface area (Å²) in [7, 11) is -2.03. The lowest BCUT2D eigenvalue weighted by Gasteiger charge is -2.27. The van der Waals surface area contributed by atoms with Crippen LogP contribution in [0, 0.1) is 5.92 Å². The molecule has 2 N–H and O–H groups in total. The molecule has 0 bridgehead atoms. The summed E-state index contributed by atoms with van der Waals surface area (Å²) in [4.78, 5) is 23.5. The molecule has 8 heteroatoms. The first-order valence-electron chi connectivity index (χ1n) is 7.64. The molecule has 24 heavy (non-hydrogen) atoms. The molecule has 1 fully saturated rings. The van der Waals surface area contributed by atoms with E-state index in [2.05, 4.69) is 5.32 Å². The molecule has 1 amide bonds. The van der Waals surface area contributed by atoms with Gasteiger partial charge in [0, 0.05) is 12.3 Å². The van der Waals surface area contributed by atoms with Crippen molar-refractivity contribution in [2.45, 2.75) is 36.6 Å². The van der Waals surface area contributed by atoms with Crippen LogP contribution in [0.5, 0.6) is 5.75 Å². The quantitative estimate of drug-likeness (QED) is 0.828. The number of carboxylic acids is 1. The minimum Gasteiger partial charge on any atom is -0.496 e. The van der Waals surface area contributed by atoms with E-state index in [0.29, 0.717) is 31.4 Å². The zero-order chi connectivity index (χ0) is 17.9. The summed E-state index contributed by atoms with van der Waals surface area (Å²) < 4.78 is 28.5. The van der Waals surface area contributed by atoms with Gasteiger partial charge in [0.1, 0.15) is 5.75 Å². The van der Waals surface area contributed by atoms with Gasteiger partial charge in [-0.2, -0.15) is 0 Å². The maximum Gasteiger partial charge on any atom is 0.306 e. The maximum absolute atomic E-state index is 12.5. The number of benzene rings is 1. The molecule has 1 saturated carbocycles. The van der Waals surface area contributed by atoms with E-state index in [0.717, 1.165) is 6.26 Å². The Morgan fingerprint density at radius 3 is 2.33 bits per heavy atom. The second-order valence-corrected chi connectivity index (χ2v) is 8.01.